The van der Waals surface area contributed by atoms with E-state index in [1.54, 1.807) is 24.3 Å². The number of carbonyl (C=O) groups excluding carboxylic acids is 3. The zero-order valence-electron chi connectivity index (χ0n) is 12.6. The molecule has 1 heterocycles. The fourth-order valence-corrected chi connectivity index (χ4v) is 2.29. The maximum absolute atomic E-state index is 12.1. The Kier molecular flexibility index (Phi) is 4.98. The van der Waals surface area contributed by atoms with Crippen molar-refractivity contribution in [1.29, 1.82) is 0 Å². The predicted octanol–water partition coefficient (Wildman–Crippen LogP) is 1.35. The summed E-state index contributed by atoms with van der Waals surface area (Å²) in [7, 11) is 1.50. The molecule has 7 nitrogen and oxygen atoms in total. The molecule has 118 valence electrons. The Bertz CT molecular complexity index is 588. The highest BCUT2D eigenvalue weighted by Gasteiger charge is 2.38. The van der Waals surface area contributed by atoms with Crippen molar-refractivity contribution in [1.82, 2.24) is 10.2 Å². The molecular weight excluding hydrogens is 286 g/mol. The second kappa shape index (κ2) is 6.93. The monoisotopic (exact) mass is 305 g/mol. The molecule has 7 heteroatoms. The van der Waals surface area contributed by atoms with E-state index in [4.69, 9.17) is 4.74 Å². The fraction of sp³-hybridized carbons (Fsp3) is 0.400. The summed E-state index contributed by atoms with van der Waals surface area (Å²) in [5.41, 5.74) is 0.493. The van der Waals surface area contributed by atoms with Crippen molar-refractivity contribution in [2.24, 2.45) is 0 Å². The van der Waals surface area contributed by atoms with Crippen LogP contribution in [0.4, 0.5) is 10.5 Å². The standard InChI is InChI=1S/C15H19N3O4/c1-3-6-11-14(20)18(15(21)17-11)9-13(19)16-10-7-4-5-8-12(10)22-2/h4-5,7-8,11H,3,6,9H2,1-2H3,(H,16,19)(H,17,21)/t11-/m0/s1. The van der Waals surface area contributed by atoms with E-state index < -0.39 is 18.0 Å². The second-order valence-electron chi connectivity index (χ2n) is 4.96. The highest BCUT2D eigenvalue weighted by atomic mass is 16.5. The molecule has 0 aromatic heterocycles. The van der Waals surface area contributed by atoms with Crippen LogP contribution in [0.5, 0.6) is 5.75 Å². The maximum atomic E-state index is 12.1. The van der Waals surface area contributed by atoms with Crippen LogP contribution in [-0.2, 0) is 9.59 Å². The number of hydrogen-bond acceptors (Lipinski definition) is 4. The van der Waals surface area contributed by atoms with Gasteiger partial charge < -0.3 is 15.4 Å². The molecule has 4 amide bonds. The molecular formula is C15H19N3O4. The van der Waals surface area contributed by atoms with Crippen molar-refractivity contribution in [2.75, 3.05) is 19.0 Å². The van der Waals surface area contributed by atoms with Crippen LogP contribution >= 0.6 is 0 Å². The van der Waals surface area contributed by atoms with Gasteiger partial charge in [-0.3, -0.25) is 14.5 Å². The van der Waals surface area contributed by atoms with Gasteiger partial charge in [0.25, 0.3) is 5.91 Å². The van der Waals surface area contributed by atoms with Crippen LogP contribution in [0.3, 0.4) is 0 Å². The van der Waals surface area contributed by atoms with Crippen molar-refractivity contribution < 1.29 is 19.1 Å². The number of nitrogens with zero attached hydrogens (tertiary/aromatic N) is 1. The number of hydrogen-bond donors (Lipinski definition) is 2. The minimum atomic E-state index is -0.531. The van der Waals surface area contributed by atoms with E-state index in [9.17, 15) is 14.4 Å². The molecule has 0 radical (unpaired) electrons. The summed E-state index contributed by atoms with van der Waals surface area (Å²) >= 11 is 0. The van der Waals surface area contributed by atoms with Crippen LogP contribution in [0.2, 0.25) is 0 Å². The molecule has 1 aliphatic heterocycles. The lowest BCUT2D eigenvalue weighted by Crippen LogP contribution is -2.38. The van der Waals surface area contributed by atoms with Crippen molar-refractivity contribution in [3.05, 3.63) is 24.3 Å². The lowest BCUT2D eigenvalue weighted by atomic mass is 10.2. The molecule has 1 saturated heterocycles. The van der Waals surface area contributed by atoms with Gasteiger partial charge in [-0.25, -0.2) is 4.79 Å². The Morgan fingerprint density at radius 3 is 2.77 bits per heavy atom. The fourth-order valence-electron chi connectivity index (χ4n) is 2.29. The minimum absolute atomic E-state index is 0.317. The summed E-state index contributed by atoms with van der Waals surface area (Å²) in [4.78, 5) is 36.8. The Labute approximate surface area is 128 Å². The summed E-state index contributed by atoms with van der Waals surface area (Å²) < 4.78 is 5.13. The average molecular weight is 305 g/mol. The number of ether oxygens (including phenoxy) is 1. The van der Waals surface area contributed by atoms with E-state index in [-0.39, 0.29) is 12.5 Å². The molecule has 1 atom stereocenters. The highest BCUT2D eigenvalue weighted by Crippen LogP contribution is 2.23. The van der Waals surface area contributed by atoms with Crippen molar-refractivity contribution in [2.45, 2.75) is 25.8 Å². The number of amides is 4. The Hall–Kier alpha value is -2.57. The molecule has 2 rings (SSSR count). The first-order valence-electron chi connectivity index (χ1n) is 7.11. The van der Waals surface area contributed by atoms with Gasteiger partial charge in [-0.05, 0) is 18.6 Å². The predicted molar refractivity (Wildman–Crippen MR) is 80.6 cm³/mol. The van der Waals surface area contributed by atoms with Crippen LogP contribution in [-0.4, -0.2) is 42.4 Å². The van der Waals surface area contributed by atoms with E-state index >= 15 is 0 Å². The van der Waals surface area contributed by atoms with Gasteiger partial charge >= 0.3 is 6.03 Å². The number of imide groups is 1. The topological polar surface area (TPSA) is 87.7 Å². The third kappa shape index (κ3) is 3.36. The lowest BCUT2D eigenvalue weighted by Gasteiger charge is -2.14. The lowest BCUT2D eigenvalue weighted by molar-refractivity contribution is -0.130. The second-order valence-corrected chi connectivity index (χ2v) is 4.96. The van der Waals surface area contributed by atoms with Gasteiger partial charge in [0.1, 0.15) is 18.3 Å². The Morgan fingerprint density at radius 1 is 1.36 bits per heavy atom. The number of urea groups is 1. The molecule has 22 heavy (non-hydrogen) atoms. The van der Waals surface area contributed by atoms with E-state index in [1.807, 2.05) is 6.92 Å². The molecule has 1 aromatic rings. The first-order chi connectivity index (χ1) is 10.6. The number of benzene rings is 1. The van der Waals surface area contributed by atoms with Crippen molar-refractivity contribution in [3.8, 4) is 5.75 Å². The highest BCUT2D eigenvalue weighted by molar-refractivity contribution is 6.08. The molecule has 1 aromatic carbocycles. The zero-order valence-corrected chi connectivity index (χ0v) is 12.6. The van der Waals surface area contributed by atoms with Crippen LogP contribution in [0.25, 0.3) is 0 Å². The van der Waals surface area contributed by atoms with Gasteiger partial charge in [0.05, 0.1) is 12.8 Å². The number of methoxy groups -OCH3 is 1. The summed E-state index contributed by atoms with van der Waals surface area (Å²) in [6.45, 7) is 1.61. The van der Waals surface area contributed by atoms with Crippen LogP contribution in [0.1, 0.15) is 19.8 Å². The van der Waals surface area contributed by atoms with Gasteiger partial charge in [-0.1, -0.05) is 25.5 Å². The molecule has 0 bridgehead atoms. The molecule has 0 unspecified atom stereocenters. The summed E-state index contributed by atoms with van der Waals surface area (Å²) in [5, 5.41) is 5.22. The zero-order chi connectivity index (χ0) is 16.1. The van der Waals surface area contributed by atoms with E-state index in [1.165, 1.54) is 7.11 Å². The molecule has 2 N–H and O–H groups in total. The molecule has 0 saturated carbocycles. The molecule has 0 spiro atoms. The quantitative estimate of drug-likeness (QED) is 0.777. The minimum Gasteiger partial charge on any atom is -0.495 e. The van der Waals surface area contributed by atoms with Crippen LogP contribution in [0.15, 0.2) is 24.3 Å². The van der Waals surface area contributed by atoms with Crippen LogP contribution in [0, 0.1) is 0 Å². The summed E-state index contributed by atoms with van der Waals surface area (Å²) in [6, 6.07) is 5.86. The molecule has 1 aliphatic rings. The number of rotatable bonds is 6. The van der Waals surface area contributed by atoms with Gasteiger partial charge in [0.15, 0.2) is 0 Å². The van der Waals surface area contributed by atoms with E-state index in [0.29, 0.717) is 17.9 Å². The van der Waals surface area contributed by atoms with Crippen molar-refractivity contribution >= 4 is 23.5 Å². The number of anilines is 1. The van der Waals surface area contributed by atoms with Gasteiger partial charge in [0.2, 0.25) is 5.91 Å². The number of carbonyl (C=O) groups is 3. The number of nitrogens with one attached hydrogen (secondary N) is 2. The molecule has 0 aliphatic carbocycles. The number of para-hydroxylation sites is 2. The maximum Gasteiger partial charge on any atom is 0.325 e. The summed E-state index contributed by atoms with van der Waals surface area (Å²) in [6.07, 6.45) is 1.34. The average Bonchev–Trinajstić information content (AvgIpc) is 2.76. The van der Waals surface area contributed by atoms with Crippen molar-refractivity contribution in [3.63, 3.8) is 0 Å². The van der Waals surface area contributed by atoms with Gasteiger partial charge in [-0.15, -0.1) is 0 Å². The SMILES string of the molecule is CCC[C@@H]1NC(=O)N(CC(=O)Nc2ccccc2OC)C1=O. The van der Waals surface area contributed by atoms with Gasteiger partial charge in [0, 0.05) is 0 Å². The first kappa shape index (κ1) is 15.8. The normalized spacial score (nSPS) is 17.4. The third-order valence-corrected chi connectivity index (χ3v) is 3.37. The smallest absolute Gasteiger partial charge is 0.325 e. The largest absolute Gasteiger partial charge is 0.495 e. The first-order valence-corrected chi connectivity index (χ1v) is 7.11. The third-order valence-electron chi connectivity index (χ3n) is 3.37. The van der Waals surface area contributed by atoms with Gasteiger partial charge in [-0.2, -0.15) is 0 Å². The summed E-state index contributed by atoms with van der Waals surface area (Å²) in [5.74, 6) is -0.302. The van der Waals surface area contributed by atoms with E-state index in [2.05, 4.69) is 10.6 Å². The Balaban J connectivity index is 2.00. The van der Waals surface area contributed by atoms with Crippen LogP contribution < -0.4 is 15.4 Å². The Morgan fingerprint density at radius 2 is 2.09 bits per heavy atom. The van der Waals surface area contributed by atoms with E-state index in [0.717, 1.165) is 11.3 Å². The molecule has 1 fully saturated rings.